The van der Waals surface area contributed by atoms with Crippen molar-refractivity contribution in [2.75, 3.05) is 38.7 Å². The van der Waals surface area contributed by atoms with E-state index in [0.717, 1.165) is 19.5 Å². The van der Waals surface area contributed by atoms with Gasteiger partial charge in [-0.1, -0.05) is 22.6 Å². The summed E-state index contributed by atoms with van der Waals surface area (Å²) in [4.78, 5) is 16.4. The van der Waals surface area contributed by atoms with E-state index in [2.05, 4.69) is 27.5 Å². The van der Waals surface area contributed by atoms with Crippen LogP contribution in [-0.2, 0) is 0 Å². The van der Waals surface area contributed by atoms with Crippen LogP contribution in [0.25, 0.3) is 0 Å². The fourth-order valence-electron chi connectivity index (χ4n) is 1.00. The summed E-state index contributed by atoms with van der Waals surface area (Å²) in [6.45, 7) is 4.37. The number of carbonyl (C=O) groups is 1. The maximum atomic E-state index is 10.7. The van der Waals surface area contributed by atoms with E-state index in [1.807, 2.05) is 25.9 Å². The normalized spacial score (nSPS) is 9.29. The van der Waals surface area contributed by atoms with Crippen molar-refractivity contribution >= 4 is 28.6 Å². The van der Waals surface area contributed by atoms with E-state index in [1.165, 1.54) is 0 Å². The summed E-state index contributed by atoms with van der Waals surface area (Å²) >= 11 is 2.15. The summed E-state index contributed by atoms with van der Waals surface area (Å²) in [5, 5.41) is 0. The second kappa shape index (κ2) is 11.0. The van der Waals surface area contributed by atoms with Gasteiger partial charge in [-0.2, -0.15) is 0 Å². The lowest BCUT2D eigenvalue weighted by atomic mass is 10.3. The third-order valence-electron chi connectivity index (χ3n) is 1.73. The molecule has 0 unspecified atom stereocenters. The highest BCUT2D eigenvalue weighted by Crippen LogP contribution is 1.91. The van der Waals surface area contributed by atoms with Crippen LogP contribution in [0.3, 0.4) is 0 Å². The van der Waals surface area contributed by atoms with Crippen molar-refractivity contribution in [3.8, 4) is 0 Å². The SMILES string of the molecule is CCN(CCCN(C)C)C(N)=O.CI. The predicted molar refractivity (Wildman–Crippen MR) is 69.9 cm³/mol. The number of alkyl halides is 1. The summed E-state index contributed by atoms with van der Waals surface area (Å²) in [6.07, 6.45) is 0.976. The number of hydrogen-bond acceptors (Lipinski definition) is 2. The molecule has 0 aliphatic carbocycles. The van der Waals surface area contributed by atoms with Gasteiger partial charge < -0.3 is 15.5 Å². The van der Waals surface area contributed by atoms with Gasteiger partial charge in [-0.15, -0.1) is 0 Å². The summed E-state index contributed by atoms with van der Waals surface area (Å²) in [7, 11) is 4.03. The molecule has 0 radical (unpaired) electrons. The minimum absolute atomic E-state index is 0.323. The highest BCUT2D eigenvalue weighted by Gasteiger charge is 2.05. The second-order valence-electron chi connectivity index (χ2n) is 3.07. The van der Waals surface area contributed by atoms with Crippen LogP contribution in [0.1, 0.15) is 13.3 Å². The van der Waals surface area contributed by atoms with Crippen LogP contribution in [0.15, 0.2) is 0 Å². The van der Waals surface area contributed by atoms with Gasteiger partial charge in [0.2, 0.25) is 0 Å². The molecule has 0 bridgehead atoms. The van der Waals surface area contributed by atoms with Crippen molar-refractivity contribution in [3.05, 3.63) is 0 Å². The van der Waals surface area contributed by atoms with Gasteiger partial charge in [0, 0.05) is 13.1 Å². The third-order valence-corrected chi connectivity index (χ3v) is 1.73. The molecule has 0 saturated carbocycles. The van der Waals surface area contributed by atoms with Crippen LogP contribution in [0, 0.1) is 0 Å². The average molecular weight is 315 g/mol. The summed E-state index contributed by atoms with van der Waals surface area (Å²) in [6, 6.07) is -0.323. The highest BCUT2D eigenvalue weighted by atomic mass is 127. The quantitative estimate of drug-likeness (QED) is 0.616. The minimum atomic E-state index is -0.323. The Morgan fingerprint density at radius 1 is 1.29 bits per heavy atom. The van der Waals surface area contributed by atoms with Crippen molar-refractivity contribution in [1.82, 2.24) is 9.80 Å². The first-order valence-electron chi connectivity index (χ1n) is 4.64. The maximum Gasteiger partial charge on any atom is 0.314 e. The van der Waals surface area contributed by atoms with Crippen LogP contribution in [-0.4, -0.2) is 54.5 Å². The number of hydrogen-bond donors (Lipinski definition) is 1. The highest BCUT2D eigenvalue weighted by molar-refractivity contribution is 14.1. The molecular formula is C9H22IN3O. The summed E-state index contributed by atoms with van der Waals surface area (Å²) in [5.74, 6) is 0. The number of rotatable bonds is 5. The second-order valence-corrected chi connectivity index (χ2v) is 3.07. The topological polar surface area (TPSA) is 49.6 Å². The fraction of sp³-hybridized carbons (Fsp3) is 0.889. The van der Waals surface area contributed by atoms with Crippen LogP contribution >= 0.6 is 22.6 Å². The molecule has 0 spiro atoms. The van der Waals surface area contributed by atoms with E-state index in [0.29, 0.717) is 6.54 Å². The number of urea groups is 1. The Morgan fingerprint density at radius 2 is 1.79 bits per heavy atom. The van der Waals surface area contributed by atoms with Crippen LogP contribution < -0.4 is 5.73 Å². The number of halogens is 1. The van der Waals surface area contributed by atoms with E-state index >= 15 is 0 Å². The smallest absolute Gasteiger partial charge is 0.314 e. The van der Waals surface area contributed by atoms with Gasteiger partial charge in [-0.3, -0.25) is 0 Å². The molecule has 0 saturated heterocycles. The first kappa shape index (κ1) is 16.4. The molecule has 4 nitrogen and oxygen atoms in total. The van der Waals surface area contributed by atoms with Gasteiger partial charge >= 0.3 is 6.03 Å². The molecule has 0 aromatic rings. The molecule has 14 heavy (non-hydrogen) atoms. The van der Waals surface area contributed by atoms with Gasteiger partial charge in [-0.25, -0.2) is 4.79 Å². The molecule has 2 N–H and O–H groups in total. The lowest BCUT2D eigenvalue weighted by Gasteiger charge is -2.19. The van der Waals surface area contributed by atoms with E-state index in [4.69, 9.17) is 5.73 Å². The van der Waals surface area contributed by atoms with Crippen molar-refractivity contribution < 1.29 is 4.79 Å². The van der Waals surface area contributed by atoms with Gasteiger partial charge in [0.25, 0.3) is 0 Å². The number of amides is 2. The van der Waals surface area contributed by atoms with Gasteiger partial charge in [0.1, 0.15) is 0 Å². The first-order chi connectivity index (χ1) is 6.57. The van der Waals surface area contributed by atoms with Crippen LogP contribution in [0.2, 0.25) is 0 Å². The van der Waals surface area contributed by atoms with Gasteiger partial charge in [-0.05, 0) is 38.9 Å². The maximum absolute atomic E-state index is 10.7. The van der Waals surface area contributed by atoms with E-state index in [-0.39, 0.29) is 6.03 Å². The monoisotopic (exact) mass is 315 g/mol. The van der Waals surface area contributed by atoms with Gasteiger partial charge in [0.15, 0.2) is 0 Å². The lowest BCUT2D eigenvalue weighted by molar-refractivity contribution is 0.207. The van der Waals surface area contributed by atoms with Crippen molar-refractivity contribution in [1.29, 1.82) is 0 Å². The zero-order valence-corrected chi connectivity index (χ0v) is 11.7. The minimum Gasteiger partial charge on any atom is -0.351 e. The molecule has 0 aromatic heterocycles. The number of nitrogens with two attached hydrogens (primary N) is 1. The molecule has 86 valence electrons. The van der Waals surface area contributed by atoms with Crippen LogP contribution in [0.4, 0.5) is 4.79 Å². The molecule has 0 fully saturated rings. The summed E-state index contributed by atoms with van der Waals surface area (Å²) < 4.78 is 0. The molecule has 0 aromatic carbocycles. The molecule has 0 atom stereocenters. The Bertz CT molecular complexity index is 142. The summed E-state index contributed by atoms with van der Waals surface area (Å²) in [5.41, 5.74) is 5.14. The zero-order chi connectivity index (χ0) is 11.6. The standard InChI is InChI=1S/C8H19N3O.CH3I/c1-4-11(8(9)12)7-5-6-10(2)3;1-2/h4-7H2,1-3H3,(H2,9,12);1H3. The Balaban J connectivity index is 0. The average Bonchev–Trinajstić information content (AvgIpc) is 2.14. The zero-order valence-electron chi connectivity index (χ0n) is 9.59. The predicted octanol–water partition coefficient (Wildman–Crippen LogP) is 1.39. The Kier molecular flexibility index (Phi) is 12.9. The third kappa shape index (κ3) is 10.0. The Hall–Kier alpha value is -0.0400. The van der Waals surface area contributed by atoms with Crippen molar-refractivity contribution in [3.63, 3.8) is 0 Å². The first-order valence-corrected chi connectivity index (χ1v) is 6.80. The number of carbonyl (C=O) groups excluding carboxylic acids is 1. The van der Waals surface area contributed by atoms with E-state index in [9.17, 15) is 4.79 Å². The molecule has 2 amide bonds. The number of nitrogens with zero attached hydrogens (tertiary/aromatic N) is 2. The van der Waals surface area contributed by atoms with E-state index in [1.54, 1.807) is 4.90 Å². The van der Waals surface area contributed by atoms with E-state index < -0.39 is 0 Å². The van der Waals surface area contributed by atoms with Crippen LogP contribution in [0.5, 0.6) is 0 Å². The number of primary amides is 1. The molecule has 5 heteroatoms. The molecular weight excluding hydrogens is 293 g/mol. The van der Waals surface area contributed by atoms with Crippen molar-refractivity contribution in [2.24, 2.45) is 5.73 Å². The molecule has 0 aliphatic heterocycles. The lowest BCUT2D eigenvalue weighted by Crippen LogP contribution is -2.37. The molecule has 0 rings (SSSR count). The Morgan fingerprint density at radius 3 is 2.07 bits per heavy atom. The van der Waals surface area contributed by atoms with Gasteiger partial charge in [0.05, 0.1) is 0 Å². The van der Waals surface area contributed by atoms with Crippen molar-refractivity contribution in [2.45, 2.75) is 13.3 Å². The largest absolute Gasteiger partial charge is 0.351 e. The molecule has 0 aliphatic rings. The molecule has 0 heterocycles. The fourth-order valence-corrected chi connectivity index (χ4v) is 1.00. The Labute approximate surface area is 101 Å².